The van der Waals surface area contributed by atoms with Crippen molar-refractivity contribution in [2.45, 2.75) is 64.9 Å². The molecular formula is C27H33NO3. The number of benzene rings is 2. The first-order chi connectivity index (χ1) is 14.8. The summed E-state index contributed by atoms with van der Waals surface area (Å²) < 4.78 is 5.54. The standard InChI is InChI=1S/C27H33NO3/c1-27(2,3)31-26(30)23-18-17-21(14-10-13-20-11-6-4-7-12-20)19-24(23)28-25(29)22-15-8-5-9-16-22/h5,8-10,14-20H,4,6-7,11-13H2,1-3H3,(H,28,29)/b14-10+. The molecule has 0 atom stereocenters. The summed E-state index contributed by atoms with van der Waals surface area (Å²) in [6.45, 7) is 5.49. The molecule has 0 radical (unpaired) electrons. The van der Waals surface area contributed by atoms with Crippen molar-refractivity contribution in [2.75, 3.05) is 5.32 Å². The van der Waals surface area contributed by atoms with Gasteiger partial charge in [-0.2, -0.15) is 0 Å². The second kappa shape index (κ2) is 10.4. The molecule has 0 aliphatic heterocycles. The van der Waals surface area contributed by atoms with E-state index < -0.39 is 11.6 Å². The molecule has 1 N–H and O–H groups in total. The zero-order valence-electron chi connectivity index (χ0n) is 18.8. The minimum Gasteiger partial charge on any atom is -0.456 e. The topological polar surface area (TPSA) is 55.4 Å². The van der Waals surface area contributed by atoms with E-state index in [0.717, 1.165) is 17.9 Å². The van der Waals surface area contributed by atoms with Crippen molar-refractivity contribution in [3.8, 4) is 0 Å². The lowest BCUT2D eigenvalue weighted by molar-refractivity contribution is 0.00708. The molecule has 0 unspecified atom stereocenters. The summed E-state index contributed by atoms with van der Waals surface area (Å²) in [5.41, 5.74) is 1.69. The summed E-state index contributed by atoms with van der Waals surface area (Å²) in [6, 6.07) is 14.5. The summed E-state index contributed by atoms with van der Waals surface area (Å²) in [7, 11) is 0. The van der Waals surface area contributed by atoms with Gasteiger partial charge < -0.3 is 10.1 Å². The highest BCUT2D eigenvalue weighted by molar-refractivity contribution is 6.08. The molecule has 0 aromatic heterocycles. The molecule has 2 aromatic carbocycles. The van der Waals surface area contributed by atoms with Crippen molar-refractivity contribution < 1.29 is 14.3 Å². The highest BCUT2D eigenvalue weighted by Gasteiger charge is 2.21. The zero-order chi connectivity index (χ0) is 22.3. The fraction of sp³-hybridized carbons (Fsp3) is 0.407. The molecule has 1 fully saturated rings. The van der Waals surface area contributed by atoms with Crippen LogP contribution in [0.4, 0.5) is 5.69 Å². The first-order valence-electron chi connectivity index (χ1n) is 11.2. The number of nitrogens with one attached hydrogen (secondary N) is 1. The number of rotatable bonds is 6. The third-order valence-electron chi connectivity index (χ3n) is 5.45. The molecule has 1 saturated carbocycles. The van der Waals surface area contributed by atoms with Crippen LogP contribution in [0.2, 0.25) is 0 Å². The van der Waals surface area contributed by atoms with E-state index in [4.69, 9.17) is 4.74 Å². The van der Waals surface area contributed by atoms with Gasteiger partial charge >= 0.3 is 5.97 Å². The molecule has 4 heteroatoms. The van der Waals surface area contributed by atoms with Crippen LogP contribution in [0.1, 0.15) is 85.6 Å². The molecule has 31 heavy (non-hydrogen) atoms. The molecule has 164 valence electrons. The summed E-state index contributed by atoms with van der Waals surface area (Å²) in [5, 5.41) is 2.90. The maximum absolute atomic E-state index is 12.7. The maximum Gasteiger partial charge on any atom is 0.340 e. The normalized spacial score (nSPS) is 15.1. The highest BCUT2D eigenvalue weighted by atomic mass is 16.6. The van der Waals surface area contributed by atoms with Gasteiger partial charge in [0.2, 0.25) is 0 Å². The number of hydrogen-bond acceptors (Lipinski definition) is 3. The lowest BCUT2D eigenvalue weighted by Crippen LogP contribution is -2.25. The SMILES string of the molecule is CC(C)(C)OC(=O)c1ccc(/C=C/CC2CCCCC2)cc1NC(=O)c1ccccc1. The molecule has 4 nitrogen and oxygen atoms in total. The van der Waals surface area contributed by atoms with Gasteiger partial charge in [-0.3, -0.25) is 4.79 Å². The molecule has 0 saturated heterocycles. The van der Waals surface area contributed by atoms with Crippen molar-refractivity contribution >= 4 is 23.6 Å². The first-order valence-corrected chi connectivity index (χ1v) is 11.2. The Morgan fingerprint density at radius 1 is 1.03 bits per heavy atom. The number of esters is 1. The van der Waals surface area contributed by atoms with Gasteiger partial charge in [0, 0.05) is 5.56 Å². The second-order valence-corrected chi connectivity index (χ2v) is 9.27. The Kier molecular flexibility index (Phi) is 7.67. The summed E-state index contributed by atoms with van der Waals surface area (Å²) in [4.78, 5) is 25.5. The Labute approximate surface area is 185 Å². The van der Waals surface area contributed by atoms with Crippen LogP contribution >= 0.6 is 0 Å². The van der Waals surface area contributed by atoms with E-state index in [1.54, 1.807) is 18.2 Å². The van der Waals surface area contributed by atoms with E-state index in [1.807, 2.05) is 51.1 Å². The first kappa shape index (κ1) is 22.8. The minimum atomic E-state index is -0.615. The van der Waals surface area contributed by atoms with Gasteiger partial charge in [0.25, 0.3) is 5.91 Å². The lowest BCUT2D eigenvalue weighted by Gasteiger charge is -2.21. The van der Waals surface area contributed by atoms with E-state index in [2.05, 4.69) is 17.5 Å². The van der Waals surface area contributed by atoms with E-state index in [9.17, 15) is 9.59 Å². The van der Waals surface area contributed by atoms with Gasteiger partial charge in [-0.25, -0.2) is 4.79 Å². The van der Waals surface area contributed by atoms with Crippen molar-refractivity contribution in [2.24, 2.45) is 5.92 Å². The quantitative estimate of drug-likeness (QED) is 0.519. The van der Waals surface area contributed by atoms with Gasteiger partial charge in [-0.1, -0.05) is 68.5 Å². The van der Waals surface area contributed by atoms with E-state index in [0.29, 0.717) is 16.8 Å². The molecule has 1 aliphatic carbocycles. The summed E-state index contributed by atoms with van der Waals surface area (Å²) >= 11 is 0. The van der Waals surface area contributed by atoms with Crippen molar-refractivity contribution in [3.63, 3.8) is 0 Å². The fourth-order valence-corrected chi connectivity index (χ4v) is 3.88. The Balaban J connectivity index is 1.81. The van der Waals surface area contributed by atoms with Crippen LogP contribution in [0.5, 0.6) is 0 Å². The van der Waals surface area contributed by atoms with Crippen LogP contribution in [0.25, 0.3) is 6.08 Å². The van der Waals surface area contributed by atoms with Crippen LogP contribution in [-0.4, -0.2) is 17.5 Å². The predicted octanol–water partition coefficient (Wildman–Crippen LogP) is 6.88. The van der Waals surface area contributed by atoms with Crippen molar-refractivity contribution in [3.05, 3.63) is 71.3 Å². The Bertz CT molecular complexity index is 919. The molecular weight excluding hydrogens is 386 g/mol. The molecule has 0 bridgehead atoms. The Morgan fingerprint density at radius 3 is 2.42 bits per heavy atom. The van der Waals surface area contributed by atoms with Crippen LogP contribution in [0.15, 0.2) is 54.6 Å². The average Bonchev–Trinajstić information content (AvgIpc) is 2.74. The number of allylic oxidation sites excluding steroid dienone is 1. The smallest absolute Gasteiger partial charge is 0.340 e. The fourth-order valence-electron chi connectivity index (χ4n) is 3.88. The molecule has 1 aliphatic rings. The zero-order valence-corrected chi connectivity index (χ0v) is 18.8. The molecule has 1 amide bonds. The number of ether oxygens (including phenoxy) is 1. The number of carbonyl (C=O) groups is 2. The Hall–Kier alpha value is -2.88. The third-order valence-corrected chi connectivity index (χ3v) is 5.45. The predicted molar refractivity (Wildman–Crippen MR) is 126 cm³/mol. The van der Waals surface area contributed by atoms with Gasteiger partial charge in [-0.15, -0.1) is 0 Å². The Morgan fingerprint density at radius 2 is 1.74 bits per heavy atom. The summed E-state index contributed by atoms with van der Waals surface area (Å²) in [5.74, 6) is 0.0608. The monoisotopic (exact) mass is 419 g/mol. The number of hydrogen-bond donors (Lipinski definition) is 1. The van der Waals surface area contributed by atoms with E-state index >= 15 is 0 Å². The van der Waals surface area contributed by atoms with Crippen LogP contribution in [-0.2, 0) is 4.74 Å². The number of carbonyl (C=O) groups excluding carboxylic acids is 2. The molecule has 0 spiro atoms. The van der Waals surface area contributed by atoms with Crippen LogP contribution in [0.3, 0.4) is 0 Å². The average molecular weight is 420 g/mol. The van der Waals surface area contributed by atoms with Gasteiger partial charge in [0.1, 0.15) is 5.60 Å². The second-order valence-electron chi connectivity index (χ2n) is 9.27. The van der Waals surface area contributed by atoms with E-state index in [-0.39, 0.29) is 5.91 Å². The highest BCUT2D eigenvalue weighted by Crippen LogP contribution is 2.27. The maximum atomic E-state index is 12.7. The van der Waals surface area contributed by atoms with Gasteiger partial charge in [0.05, 0.1) is 11.3 Å². The van der Waals surface area contributed by atoms with Crippen molar-refractivity contribution in [1.29, 1.82) is 0 Å². The largest absolute Gasteiger partial charge is 0.456 e. The summed E-state index contributed by atoms with van der Waals surface area (Å²) in [6.07, 6.45) is 12.0. The molecule has 3 rings (SSSR count). The van der Waals surface area contributed by atoms with Crippen LogP contribution < -0.4 is 5.32 Å². The molecule has 0 heterocycles. The number of amides is 1. The van der Waals surface area contributed by atoms with Crippen molar-refractivity contribution in [1.82, 2.24) is 0 Å². The van der Waals surface area contributed by atoms with Gasteiger partial charge in [-0.05, 0) is 62.9 Å². The van der Waals surface area contributed by atoms with E-state index in [1.165, 1.54) is 32.1 Å². The lowest BCUT2D eigenvalue weighted by atomic mass is 9.87. The number of anilines is 1. The minimum absolute atomic E-state index is 0.256. The van der Waals surface area contributed by atoms with Gasteiger partial charge in [0.15, 0.2) is 0 Å². The van der Waals surface area contributed by atoms with Crippen LogP contribution in [0, 0.1) is 5.92 Å². The molecule has 2 aromatic rings. The third kappa shape index (κ3) is 7.09.